The molecule has 0 aliphatic carbocycles. The number of aliphatic carboxylic acids is 3. The number of hydrogen-bond acceptors (Lipinski definition) is 20. The highest BCUT2D eigenvalue weighted by atomic mass is 32.2. The number of hydrogen-bond donors (Lipinski definition) is 10. The molecule has 1 heterocycles. The van der Waals surface area contributed by atoms with E-state index in [1.807, 2.05) is 19.1 Å². The molecule has 0 aliphatic rings. The van der Waals surface area contributed by atoms with Crippen molar-refractivity contribution in [3.63, 3.8) is 0 Å². The van der Waals surface area contributed by atoms with Gasteiger partial charge in [-0.15, -0.1) is 10.2 Å². The van der Waals surface area contributed by atoms with Gasteiger partial charge in [0.05, 0.1) is 50.6 Å². The fourth-order valence-electron chi connectivity index (χ4n) is 8.69. The van der Waals surface area contributed by atoms with Crippen LogP contribution in [0.3, 0.4) is 0 Å². The number of halogens is 1. The number of carboxylic acid groups (broad SMARTS) is 3. The van der Waals surface area contributed by atoms with E-state index in [2.05, 4.69) is 46.6 Å². The van der Waals surface area contributed by atoms with Crippen molar-refractivity contribution in [1.29, 1.82) is 0 Å². The maximum atomic E-state index is 12.2. The zero-order valence-corrected chi connectivity index (χ0v) is 55.7. The first kappa shape index (κ1) is 86.1. The van der Waals surface area contributed by atoms with Gasteiger partial charge < -0.3 is 55.5 Å². The molecule has 0 saturated carbocycles. The van der Waals surface area contributed by atoms with E-state index < -0.39 is 63.4 Å². The molecule has 0 fully saturated rings. The van der Waals surface area contributed by atoms with Gasteiger partial charge in [0, 0.05) is 78.6 Å². The van der Waals surface area contributed by atoms with Gasteiger partial charge in [-0.05, 0) is 76.8 Å². The van der Waals surface area contributed by atoms with Gasteiger partial charge in [0.15, 0.2) is 11.6 Å². The van der Waals surface area contributed by atoms with Gasteiger partial charge in [-0.2, -0.15) is 5.21 Å². The number of amides is 5. The quantitative estimate of drug-likeness (QED) is 0.0360. The smallest absolute Gasteiger partial charge is 0.326 e. The summed E-state index contributed by atoms with van der Waals surface area (Å²) in [6, 6.07) is 6.14. The number of sulfonamides is 1. The Morgan fingerprint density at radius 1 is 0.581 bits per heavy atom. The Morgan fingerprint density at radius 3 is 1.74 bits per heavy atom. The molecule has 0 radical (unpaired) electrons. The summed E-state index contributed by atoms with van der Waals surface area (Å²) in [7, 11) is -1.11. The molecule has 31 heteroatoms. The molecule has 1 aromatic heterocycles. The number of carbonyl (C=O) groups excluding carboxylic acids is 7. The fourth-order valence-corrected chi connectivity index (χ4v) is 9.77. The van der Waals surface area contributed by atoms with Crippen LogP contribution in [0.1, 0.15) is 204 Å². The van der Waals surface area contributed by atoms with Crippen LogP contribution < -0.4 is 26.0 Å². The second kappa shape index (κ2) is 57.7. The van der Waals surface area contributed by atoms with Crippen molar-refractivity contribution in [2.24, 2.45) is 11.8 Å². The summed E-state index contributed by atoms with van der Waals surface area (Å²) in [4.78, 5) is 117. The summed E-state index contributed by atoms with van der Waals surface area (Å²) >= 11 is 0. The Kier molecular flexibility index (Phi) is 53.4. The molecule has 2 rings (SSSR count). The lowest BCUT2D eigenvalue weighted by molar-refractivity contribution is -0.145. The number of carbonyl (C=O) groups is 10. The maximum Gasteiger partial charge on any atom is 0.326 e. The Balaban J connectivity index is 0. The molecule has 29 nitrogen and oxygen atoms in total. The van der Waals surface area contributed by atoms with Crippen LogP contribution in [0.2, 0.25) is 0 Å². The summed E-state index contributed by atoms with van der Waals surface area (Å²) in [5.74, 6) is -6.56. The van der Waals surface area contributed by atoms with E-state index in [4.69, 9.17) is 35.3 Å². The van der Waals surface area contributed by atoms with Gasteiger partial charge >= 0.3 is 17.9 Å². The minimum atomic E-state index is -3.81. The second-order valence-electron chi connectivity index (χ2n) is 22.0. The Hall–Kier alpha value is -6.93. The number of ketones is 2. The van der Waals surface area contributed by atoms with Crippen LogP contribution in [0, 0.1) is 18.8 Å². The molecule has 0 bridgehead atoms. The van der Waals surface area contributed by atoms with Crippen LogP contribution in [0.15, 0.2) is 24.3 Å². The van der Waals surface area contributed by atoms with Crippen LogP contribution in [0.25, 0.3) is 0 Å². The number of tetrazole rings is 1. The van der Waals surface area contributed by atoms with E-state index in [9.17, 15) is 66.6 Å². The van der Waals surface area contributed by atoms with E-state index in [1.54, 1.807) is 19.1 Å². The molecule has 5 amide bonds. The number of Topliss-reactive ketones (excluding diaryl/α,β-unsaturated/α-hetero) is 2. The lowest BCUT2D eigenvalue weighted by Gasteiger charge is -2.15. The summed E-state index contributed by atoms with van der Waals surface area (Å²) < 4.78 is 61.9. The van der Waals surface area contributed by atoms with Gasteiger partial charge in [0.2, 0.25) is 33.7 Å². The highest BCUT2D eigenvalue weighted by Crippen LogP contribution is 2.16. The minimum Gasteiger partial charge on any atom is -0.481 e. The van der Waals surface area contributed by atoms with Crippen molar-refractivity contribution < 1.29 is 102 Å². The molecule has 0 saturated heterocycles. The lowest BCUT2D eigenvalue weighted by Crippen LogP contribution is -2.42. The van der Waals surface area contributed by atoms with Gasteiger partial charge in [-0.1, -0.05) is 112 Å². The summed E-state index contributed by atoms with van der Waals surface area (Å²) in [5.41, 5.74) is 1.62. The molecule has 0 aliphatic heterocycles. The number of nitrogens with zero attached hydrogens (tertiary/aromatic N) is 3. The minimum absolute atomic E-state index is 0.00500. The SMILES string of the molecule is CNC(=O)CCC(CC(=O)COCCOCCNC(=O)CCCS(=O)(=O)NC(=O)CCCCCCCCCCCCCCCc1nn[nH]n1)C(=O)O.Cc1ccc(C(=O)NCCCCC(NC(=O)COCCOCCCC(=O)CCC(C)C(=O)O)C(=O)O)cc1.OF.[3H]C. The molecule has 1 aromatic carbocycles. The average Bonchev–Trinajstić information content (AvgIpc) is 1.89. The van der Waals surface area contributed by atoms with Crippen molar-refractivity contribution in [2.75, 3.05) is 78.7 Å². The summed E-state index contributed by atoms with van der Waals surface area (Å²) in [6.45, 7) is 4.61. The van der Waals surface area contributed by atoms with E-state index in [0.29, 0.717) is 57.2 Å². The number of rotatable bonds is 56. The number of ether oxygens (including phenoxy) is 4. The molecular weight excluding hydrogens is 1240 g/mol. The Labute approximate surface area is 548 Å². The van der Waals surface area contributed by atoms with Gasteiger partial charge in [0.25, 0.3) is 5.91 Å². The fraction of sp³-hybridized carbons (Fsp3) is 0.726. The lowest BCUT2D eigenvalue weighted by atomic mass is 9.97. The first-order chi connectivity index (χ1) is 45.1. The molecule has 3 unspecified atom stereocenters. The van der Waals surface area contributed by atoms with E-state index >= 15 is 0 Å². The number of aromatic amines is 1. The predicted molar refractivity (Wildman–Crippen MR) is 341 cm³/mol. The monoisotopic (exact) mass is 1350 g/mol. The second-order valence-corrected chi connectivity index (χ2v) is 23.9. The number of aryl methyl sites for hydroxylation is 2. The predicted octanol–water partition coefficient (Wildman–Crippen LogP) is 5.61. The number of benzene rings is 1. The van der Waals surface area contributed by atoms with Crippen LogP contribution in [0.4, 0.5) is 4.53 Å². The number of aromatic nitrogens is 4. The maximum absolute atomic E-state index is 12.2. The van der Waals surface area contributed by atoms with Crippen molar-refractivity contribution in [2.45, 2.75) is 201 Å². The molecule has 10 N–H and O–H groups in total. The zero-order valence-electron chi connectivity index (χ0n) is 55.9. The van der Waals surface area contributed by atoms with Crippen LogP contribution >= 0.6 is 0 Å². The molecule has 2 aromatic rings. The van der Waals surface area contributed by atoms with Crippen LogP contribution in [0.5, 0.6) is 0 Å². The topological polar surface area (TPSA) is 437 Å². The Morgan fingerprint density at radius 2 is 1.16 bits per heavy atom. The summed E-state index contributed by atoms with van der Waals surface area (Å²) in [6.07, 6.45) is 18.2. The van der Waals surface area contributed by atoms with Gasteiger partial charge in [0.1, 0.15) is 25.0 Å². The average molecular weight is 1350 g/mol. The van der Waals surface area contributed by atoms with E-state index in [1.165, 1.54) is 65.8 Å². The van der Waals surface area contributed by atoms with Gasteiger partial charge in [-0.25, -0.2) is 18.5 Å². The standard InChI is InChI=1S/C34H61N7O10S.C27H40N2O9.CH4.FHO/c1-35-31(43)20-19-28(34(46)47)26-29(42)27-51-24-23-50-22-21-36-32(44)18-15-25-52(48,49)39-33(45)17-14-12-10-8-6-4-2-3-5-7-9-11-13-16-30-37-40-41-38-30;1-19-8-11-21(12-9-19)25(32)28-14-4-3-7-23(27(35)36)29-24(31)18-38-17-16-37-15-5-6-22(30)13-10-20(2)26(33)34;;1-2/h28H,2-27H2,1H3,(H,35,43)(H,36,44)(H,39,45)(H,46,47)(H,37,38,40,41);8-9,11-12,20,23H,3-7,10,13-18H2,1-2H3,(H,28,32)(H,29,31)(H,33,34)(H,35,36);1H4;2H/i;;1T;. The first-order valence-electron chi connectivity index (χ1n) is 32.7. The third-order valence-corrected chi connectivity index (χ3v) is 15.4. The Bertz CT molecular complexity index is 2510. The highest BCUT2D eigenvalue weighted by Gasteiger charge is 2.23. The highest BCUT2D eigenvalue weighted by molar-refractivity contribution is 7.90. The van der Waals surface area contributed by atoms with Crippen LogP contribution in [-0.2, 0) is 78.5 Å². The number of H-pyrrole nitrogens is 1. The zero-order chi connectivity index (χ0) is 70.6. The van der Waals surface area contributed by atoms with E-state index in [-0.39, 0.29) is 133 Å². The first-order valence-corrected chi connectivity index (χ1v) is 33.3. The third kappa shape index (κ3) is 52.2. The molecule has 3 atom stereocenters. The molecule has 0 spiro atoms. The van der Waals surface area contributed by atoms with E-state index in [0.717, 1.165) is 43.5 Å². The van der Waals surface area contributed by atoms with Crippen LogP contribution in [-0.4, -0.2) is 193 Å². The van der Waals surface area contributed by atoms with Crippen molar-refractivity contribution in [3.05, 3.63) is 41.2 Å². The third-order valence-electron chi connectivity index (χ3n) is 14.1. The van der Waals surface area contributed by atoms with Gasteiger partial charge in [-0.3, -0.25) is 47.9 Å². The van der Waals surface area contributed by atoms with Crippen molar-refractivity contribution in [1.82, 2.24) is 46.6 Å². The summed E-state index contributed by atoms with van der Waals surface area (Å²) in [5, 5.41) is 57.1. The molecular formula is C62H106FN9O20S. The normalized spacial score (nSPS) is 11.9. The molecule has 93 heavy (non-hydrogen) atoms. The van der Waals surface area contributed by atoms with Crippen molar-refractivity contribution in [3.8, 4) is 0 Å². The van der Waals surface area contributed by atoms with Crippen molar-refractivity contribution >= 4 is 69.0 Å². The number of carboxylic acids is 3. The number of nitrogens with one attached hydrogen (secondary N) is 6. The number of unbranched alkanes of at least 4 members (excludes halogenated alkanes) is 13. The molecule has 532 valence electrons. The largest absolute Gasteiger partial charge is 0.481 e.